The van der Waals surface area contributed by atoms with E-state index in [9.17, 15) is 5.11 Å². The number of aromatic hydroxyl groups is 1. The summed E-state index contributed by atoms with van der Waals surface area (Å²) in [5, 5.41) is 22.9. The molecule has 0 aliphatic heterocycles. The van der Waals surface area contributed by atoms with Gasteiger partial charge in [-0.1, -0.05) is 53.6 Å². The molecule has 0 atom stereocenters. The monoisotopic (exact) mass is 576 g/mol. The number of thiophene rings is 1. The van der Waals surface area contributed by atoms with E-state index >= 15 is 0 Å². The van der Waals surface area contributed by atoms with E-state index in [1.807, 2.05) is 29.6 Å². The molecule has 4 heteroatoms. The first-order valence-electron chi connectivity index (χ1n) is 14.6. The third-order valence-corrected chi connectivity index (χ3v) is 8.90. The number of rotatable bonds is 9. The second-order valence-electron chi connectivity index (χ2n) is 11.4. The van der Waals surface area contributed by atoms with Crippen molar-refractivity contribution in [1.29, 1.82) is 0 Å². The Balaban J connectivity index is 1.67. The normalized spacial score (nSPS) is 11.2. The Hall–Kier alpha value is -3.86. The van der Waals surface area contributed by atoms with Gasteiger partial charge in [0.05, 0.1) is 11.5 Å². The molecule has 5 aromatic rings. The molecular formula is C38H40O3S. The van der Waals surface area contributed by atoms with E-state index in [1.54, 1.807) is 11.3 Å². The predicted molar refractivity (Wildman–Crippen MR) is 178 cm³/mol. The summed E-state index contributed by atoms with van der Waals surface area (Å²) in [6, 6.07) is 23.6. The molecule has 2 N–H and O–H groups in total. The number of aryl methyl sites for hydroxylation is 6. The van der Waals surface area contributed by atoms with Crippen molar-refractivity contribution in [3.05, 3.63) is 105 Å². The molecule has 4 aromatic carbocycles. The summed E-state index contributed by atoms with van der Waals surface area (Å²) in [6.07, 6.45) is 1.48. The topological polar surface area (TPSA) is 49.7 Å². The molecule has 216 valence electrons. The highest BCUT2D eigenvalue weighted by Crippen LogP contribution is 2.48. The maximum atomic E-state index is 11.7. The zero-order valence-corrected chi connectivity index (χ0v) is 26.3. The first-order chi connectivity index (χ1) is 20.2. The Morgan fingerprint density at radius 2 is 1.17 bits per heavy atom. The Kier molecular flexibility index (Phi) is 8.86. The van der Waals surface area contributed by atoms with Gasteiger partial charge in [-0.25, -0.2) is 0 Å². The van der Waals surface area contributed by atoms with E-state index in [2.05, 4.69) is 84.0 Å². The van der Waals surface area contributed by atoms with Gasteiger partial charge in [-0.2, -0.15) is 0 Å². The van der Waals surface area contributed by atoms with Crippen molar-refractivity contribution in [1.82, 2.24) is 0 Å². The molecule has 3 nitrogen and oxygen atoms in total. The standard InChI is InChI=1S/C38H40O3S/c1-23-15-25(3)35(26(4)16-23)29-19-30(36-27(5)17-24(2)18-28(36)6)21-31(20-29)38-37(40)33(22-42-38)32-11-7-8-12-34(32)41-14-10-9-13-39/h7-8,11-12,15-22,39-40H,9-10,13-14H2,1-6H3. The first kappa shape index (κ1) is 29.6. The van der Waals surface area contributed by atoms with Gasteiger partial charge >= 0.3 is 0 Å². The van der Waals surface area contributed by atoms with Crippen molar-refractivity contribution in [3.8, 4) is 55.3 Å². The first-order valence-corrected chi connectivity index (χ1v) is 15.5. The van der Waals surface area contributed by atoms with Crippen molar-refractivity contribution in [3.63, 3.8) is 0 Å². The van der Waals surface area contributed by atoms with Crippen LogP contribution in [0.15, 0.2) is 72.1 Å². The van der Waals surface area contributed by atoms with Gasteiger partial charge in [0.15, 0.2) is 0 Å². The third kappa shape index (κ3) is 6.01. The second-order valence-corrected chi connectivity index (χ2v) is 12.3. The van der Waals surface area contributed by atoms with Crippen LogP contribution in [0.25, 0.3) is 43.8 Å². The fourth-order valence-corrected chi connectivity index (χ4v) is 7.23. The number of para-hydroxylation sites is 1. The molecule has 1 heterocycles. The smallest absolute Gasteiger partial charge is 0.142 e. The van der Waals surface area contributed by atoms with E-state index < -0.39 is 0 Å². The van der Waals surface area contributed by atoms with Crippen LogP contribution in [0, 0.1) is 41.5 Å². The van der Waals surface area contributed by atoms with Crippen LogP contribution in [0.1, 0.15) is 46.2 Å². The van der Waals surface area contributed by atoms with Gasteiger partial charge in [0.1, 0.15) is 11.5 Å². The lowest BCUT2D eigenvalue weighted by molar-refractivity contribution is 0.253. The summed E-state index contributed by atoms with van der Waals surface area (Å²) in [6.45, 7) is 13.7. The fraction of sp³-hybridized carbons (Fsp3) is 0.263. The van der Waals surface area contributed by atoms with E-state index in [4.69, 9.17) is 9.84 Å². The fourth-order valence-electron chi connectivity index (χ4n) is 6.28. The van der Waals surface area contributed by atoms with Crippen LogP contribution in [-0.2, 0) is 0 Å². The molecule has 0 spiro atoms. The van der Waals surface area contributed by atoms with Crippen LogP contribution in [0.3, 0.4) is 0 Å². The number of aliphatic hydroxyl groups excluding tert-OH is 1. The summed E-state index contributed by atoms with van der Waals surface area (Å²) < 4.78 is 6.07. The summed E-state index contributed by atoms with van der Waals surface area (Å²) in [5.74, 6) is 1.01. The number of hydrogen-bond donors (Lipinski definition) is 2. The van der Waals surface area contributed by atoms with E-state index in [-0.39, 0.29) is 12.4 Å². The second kappa shape index (κ2) is 12.6. The van der Waals surface area contributed by atoms with Gasteiger partial charge in [0.2, 0.25) is 0 Å². The molecule has 0 aliphatic rings. The number of ether oxygens (including phenoxy) is 1. The molecule has 0 unspecified atom stereocenters. The van der Waals surface area contributed by atoms with Crippen molar-refractivity contribution in [2.75, 3.05) is 13.2 Å². The highest BCUT2D eigenvalue weighted by atomic mass is 32.1. The SMILES string of the molecule is Cc1cc(C)c(-c2cc(-c3scc(-c4ccccc4OCCCCO)c3O)cc(-c3c(C)cc(C)cc3C)c2)c(C)c1. The number of aliphatic hydroxyl groups is 1. The zero-order chi connectivity index (χ0) is 30.0. The van der Waals surface area contributed by atoms with Crippen LogP contribution < -0.4 is 4.74 Å². The Morgan fingerprint density at radius 3 is 1.71 bits per heavy atom. The van der Waals surface area contributed by atoms with E-state index in [0.29, 0.717) is 13.0 Å². The lowest BCUT2D eigenvalue weighted by atomic mass is 9.87. The molecular weight excluding hydrogens is 536 g/mol. The Bertz CT molecular complexity index is 1620. The zero-order valence-electron chi connectivity index (χ0n) is 25.5. The number of benzene rings is 4. The Labute approximate surface area is 254 Å². The minimum atomic E-state index is 0.157. The molecule has 0 bridgehead atoms. The van der Waals surface area contributed by atoms with Crippen LogP contribution in [0.4, 0.5) is 0 Å². The van der Waals surface area contributed by atoms with E-state index in [1.165, 1.54) is 44.5 Å². The minimum Gasteiger partial charge on any atom is -0.506 e. The molecule has 1 aromatic heterocycles. The largest absolute Gasteiger partial charge is 0.506 e. The number of hydrogen-bond acceptors (Lipinski definition) is 4. The summed E-state index contributed by atoms with van der Waals surface area (Å²) in [7, 11) is 0. The van der Waals surface area contributed by atoms with Gasteiger partial charge < -0.3 is 14.9 Å². The lowest BCUT2D eigenvalue weighted by Gasteiger charge is -2.18. The van der Waals surface area contributed by atoms with Gasteiger partial charge in [0, 0.05) is 23.1 Å². The van der Waals surface area contributed by atoms with Gasteiger partial charge in [-0.3, -0.25) is 0 Å². The van der Waals surface area contributed by atoms with Crippen LogP contribution >= 0.6 is 11.3 Å². The third-order valence-electron chi connectivity index (χ3n) is 7.88. The molecule has 0 saturated heterocycles. The molecule has 42 heavy (non-hydrogen) atoms. The highest BCUT2D eigenvalue weighted by molar-refractivity contribution is 7.14. The van der Waals surface area contributed by atoms with Gasteiger partial charge in [0.25, 0.3) is 0 Å². The summed E-state index contributed by atoms with van der Waals surface area (Å²) in [4.78, 5) is 0.841. The van der Waals surface area contributed by atoms with Crippen molar-refractivity contribution in [2.24, 2.45) is 0 Å². The molecule has 0 aliphatic carbocycles. The quantitative estimate of drug-likeness (QED) is 0.172. The molecule has 0 amide bonds. The molecule has 5 rings (SSSR count). The van der Waals surface area contributed by atoms with Crippen LogP contribution in [0.2, 0.25) is 0 Å². The van der Waals surface area contributed by atoms with Crippen molar-refractivity contribution < 1.29 is 14.9 Å². The lowest BCUT2D eigenvalue weighted by Crippen LogP contribution is -1.99. The predicted octanol–water partition coefficient (Wildman–Crippen LogP) is 10.1. The average Bonchev–Trinajstić information content (AvgIpc) is 3.31. The Morgan fingerprint density at radius 1 is 0.643 bits per heavy atom. The summed E-state index contributed by atoms with van der Waals surface area (Å²) >= 11 is 1.56. The minimum absolute atomic E-state index is 0.157. The maximum absolute atomic E-state index is 11.7. The van der Waals surface area contributed by atoms with Crippen LogP contribution in [0.5, 0.6) is 11.5 Å². The maximum Gasteiger partial charge on any atom is 0.142 e. The van der Waals surface area contributed by atoms with E-state index in [0.717, 1.165) is 44.9 Å². The molecule has 0 radical (unpaired) electrons. The highest BCUT2D eigenvalue weighted by Gasteiger charge is 2.20. The molecule has 0 fully saturated rings. The molecule has 0 saturated carbocycles. The van der Waals surface area contributed by atoms with Crippen molar-refractivity contribution >= 4 is 11.3 Å². The van der Waals surface area contributed by atoms with Gasteiger partial charge in [-0.15, -0.1) is 11.3 Å². The average molecular weight is 577 g/mol. The van der Waals surface area contributed by atoms with Crippen molar-refractivity contribution in [2.45, 2.75) is 54.4 Å². The van der Waals surface area contributed by atoms with Crippen LogP contribution in [-0.4, -0.2) is 23.4 Å². The van der Waals surface area contributed by atoms with Gasteiger partial charge in [-0.05, 0) is 129 Å². The summed E-state index contributed by atoms with van der Waals surface area (Å²) in [5.41, 5.74) is 14.9. The number of unbranched alkanes of at least 4 members (excludes halogenated alkanes) is 1.